The van der Waals surface area contributed by atoms with Gasteiger partial charge in [-0.2, -0.15) is 0 Å². The summed E-state index contributed by atoms with van der Waals surface area (Å²) in [5.74, 6) is 0. The molecule has 0 heterocycles. The Morgan fingerprint density at radius 2 is 2.00 bits per heavy atom. The highest BCUT2D eigenvalue weighted by Gasteiger charge is 2.06. The molecular formula is C4H7O3P. The van der Waals surface area contributed by atoms with E-state index in [0.29, 0.717) is 0 Å². The van der Waals surface area contributed by atoms with Crippen molar-refractivity contribution < 1.29 is 14.4 Å². The first kappa shape index (κ1) is 10.8. The summed E-state index contributed by atoms with van der Waals surface area (Å²) in [6.45, 7) is 3.15. The van der Waals surface area contributed by atoms with E-state index in [9.17, 15) is 4.57 Å². The fourth-order valence-corrected chi connectivity index (χ4v) is 0.505. The maximum atomic E-state index is 9.85. The van der Waals surface area contributed by atoms with Crippen LogP contribution in [0.5, 0.6) is 0 Å². The lowest BCUT2D eigenvalue weighted by Crippen LogP contribution is -1.78. The molecule has 0 aromatic heterocycles. The van der Waals surface area contributed by atoms with Crippen molar-refractivity contribution in [2.45, 2.75) is 0 Å². The van der Waals surface area contributed by atoms with Crippen LogP contribution in [0.1, 0.15) is 0 Å². The Labute approximate surface area is 49.2 Å². The minimum Gasteiger partial charge on any atom is -0.324 e. The SMILES string of the molecule is C=CCP(=O)(O)O.[C]. The van der Waals surface area contributed by atoms with E-state index in [1.54, 1.807) is 0 Å². The van der Waals surface area contributed by atoms with Crippen LogP contribution in [-0.2, 0) is 4.57 Å². The van der Waals surface area contributed by atoms with Crippen molar-refractivity contribution >= 4 is 7.60 Å². The lowest BCUT2D eigenvalue weighted by molar-refractivity contribution is 0.377. The molecule has 0 saturated carbocycles. The third-order valence-corrected chi connectivity index (χ3v) is 1.10. The van der Waals surface area contributed by atoms with Crippen molar-refractivity contribution in [2.24, 2.45) is 0 Å². The Hall–Kier alpha value is -0.110. The number of allylic oxidation sites excluding steroid dienone is 1. The van der Waals surface area contributed by atoms with Gasteiger partial charge in [-0.25, -0.2) is 0 Å². The van der Waals surface area contributed by atoms with Crippen LogP contribution in [0.3, 0.4) is 0 Å². The topological polar surface area (TPSA) is 57.5 Å². The molecule has 46 valence electrons. The normalized spacial score (nSPS) is 9.75. The fraction of sp³-hybridized carbons (Fsp3) is 0.250. The molecule has 0 aromatic rings. The lowest BCUT2D eigenvalue weighted by atomic mass is 10.8. The summed E-state index contributed by atoms with van der Waals surface area (Å²) < 4.78 is 9.85. The number of hydrogen-bond acceptors (Lipinski definition) is 1. The van der Waals surface area contributed by atoms with Crippen molar-refractivity contribution in [2.75, 3.05) is 6.16 Å². The van der Waals surface area contributed by atoms with Crippen LogP contribution in [0.15, 0.2) is 12.7 Å². The van der Waals surface area contributed by atoms with E-state index in [1.807, 2.05) is 0 Å². The van der Waals surface area contributed by atoms with Gasteiger partial charge in [0.15, 0.2) is 0 Å². The molecule has 0 aromatic carbocycles. The fourth-order valence-electron chi connectivity index (χ4n) is 0.168. The van der Waals surface area contributed by atoms with Crippen molar-refractivity contribution in [1.29, 1.82) is 0 Å². The molecule has 0 unspecified atom stereocenters. The highest BCUT2D eigenvalue weighted by atomic mass is 31.2. The van der Waals surface area contributed by atoms with Crippen LogP contribution < -0.4 is 0 Å². The minimum atomic E-state index is -3.78. The zero-order chi connectivity index (χ0) is 5.91. The molecule has 2 N–H and O–H groups in total. The molecule has 0 aliphatic heterocycles. The van der Waals surface area contributed by atoms with Gasteiger partial charge in [0.05, 0.1) is 6.16 Å². The van der Waals surface area contributed by atoms with Gasteiger partial charge in [-0.1, -0.05) is 6.08 Å². The third kappa shape index (κ3) is 9.31. The first-order chi connectivity index (χ1) is 3.06. The van der Waals surface area contributed by atoms with E-state index in [4.69, 9.17) is 9.79 Å². The molecule has 0 rings (SSSR count). The highest BCUT2D eigenvalue weighted by Crippen LogP contribution is 2.33. The zero-order valence-electron chi connectivity index (χ0n) is 4.24. The van der Waals surface area contributed by atoms with Crippen molar-refractivity contribution in [3.63, 3.8) is 0 Å². The van der Waals surface area contributed by atoms with E-state index >= 15 is 0 Å². The van der Waals surface area contributed by atoms with E-state index in [-0.39, 0.29) is 13.6 Å². The molecule has 0 amide bonds. The summed E-state index contributed by atoms with van der Waals surface area (Å²) in [6.07, 6.45) is 0.966. The second-order valence-corrected chi connectivity index (χ2v) is 2.83. The smallest absolute Gasteiger partial charge is 0.324 e. The zero-order valence-corrected chi connectivity index (χ0v) is 5.14. The van der Waals surface area contributed by atoms with Gasteiger partial charge in [0.2, 0.25) is 0 Å². The van der Waals surface area contributed by atoms with Crippen LogP contribution in [0, 0.1) is 7.43 Å². The van der Waals surface area contributed by atoms with Gasteiger partial charge in [0.1, 0.15) is 0 Å². The van der Waals surface area contributed by atoms with Crippen molar-refractivity contribution in [3.05, 3.63) is 20.1 Å². The third-order valence-electron chi connectivity index (χ3n) is 0.367. The largest absolute Gasteiger partial charge is 0.329 e. The van der Waals surface area contributed by atoms with Crippen LogP contribution in [-0.4, -0.2) is 15.9 Å². The first-order valence-corrected chi connectivity index (χ1v) is 3.51. The van der Waals surface area contributed by atoms with Gasteiger partial charge in [-0.3, -0.25) is 4.57 Å². The molecule has 8 heavy (non-hydrogen) atoms. The molecule has 4 heteroatoms. The molecule has 0 atom stereocenters. The second kappa shape index (κ2) is 3.84. The van der Waals surface area contributed by atoms with Crippen molar-refractivity contribution in [1.82, 2.24) is 0 Å². The van der Waals surface area contributed by atoms with Crippen LogP contribution in [0.2, 0.25) is 0 Å². The first-order valence-electron chi connectivity index (χ1n) is 1.72. The minimum absolute atomic E-state index is 0. The van der Waals surface area contributed by atoms with E-state index < -0.39 is 7.60 Å². The molecule has 0 fully saturated rings. The van der Waals surface area contributed by atoms with Crippen LogP contribution in [0.25, 0.3) is 0 Å². The quantitative estimate of drug-likeness (QED) is 0.425. The molecule has 0 bridgehead atoms. The van der Waals surface area contributed by atoms with Gasteiger partial charge in [0, 0.05) is 7.43 Å². The van der Waals surface area contributed by atoms with Gasteiger partial charge >= 0.3 is 7.60 Å². The van der Waals surface area contributed by atoms with Gasteiger partial charge in [-0.15, -0.1) is 6.58 Å². The Balaban J connectivity index is 0. The van der Waals surface area contributed by atoms with Crippen LogP contribution >= 0.6 is 7.60 Å². The van der Waals surface area contributed by atoms with E-state index in [2.05, 4.69) is 6.58 Å². The maximum Gasteiger partial charge on any atom is 0.329 e. The number of rotatable bonds is 2. The molecule has 4 radical (unpaired) electrons. The van der Waals surface area contributed by atoms with Gasteiger partial charge in [0.25, 0.3) is 0 Å². The summed E-state index contributed by atoms with van der Waals surface area (Å²) in [6, 6.07) is 0. The Kier molecular flexibility index (Phi) is 5.18. The maximum absolute atomic E-state index is 9.85. The lowest BCUT2D eigenvalue weighted by Gasteiger charge is -1.94. The standard InChI is InChI=1S/C3H7O3P.C/c1-2-3-7(4,5)6;/h2H,1,3H2,(H2,4,5,6);. The predicted molar refractivity (Wildman–Crippen MR) is 30.4 cm³/mol. The summed E-state index contributed by atoms with van der Waals surface area (Å²) in [4.78, 5) is 16.1. The van der Waals surface area contributed by atoms with Gasteiger partial charge < -0.3 is 9.79 Å². The van der Waals surface area contributed by atoms with Crippen LogP contribution in [0.4, 0.5) is 0 Å². The van der Waals surface area contributed by atoms with Crippen molar-refractivity contribution in [3.8, 4) is 0 Å². The van der Waals surface area contributed by atoms with Gasteiger partial charge in [-0.05, 0) is 0 Å². The molecule has 0 aliphatic rings. The molecule has 0 saturated heterocycles. The Morgan fingerprint density at radius 1 is 1.62 bits per heavy atom. The Morgan fingerprint density at radius 3 is 2.00 bits per heavy atom. The Bertz CT molecular complexity index is 104. The summed E-state index contributed by atoms with van der Waals surface area (Å²) >= 11 is 0. The summed E-state index contributed by atoms with van der Waals surface area (Å²) in [7, 11) is -3.78. The molecular weight excluding hydrogens is 127 g/mol. The average Bonchev–Trinajstić information content (AvgIpc) is 1.30. The van der Waals surface area contributed by atoms with E-state index in [0.717, 1.165) is 0 Å². The summed E-state index contributed by atoms with van der Waals surface area (Å²) in [5.41, 5.74) is 0. The molecule has 0 spiro atoms. The average molecular weight is 134 g/mol. The second-order valence-electron chi connectivity index (χ2n) is 1.14. The van der Waals surface area contributed by atoms with E-state index in [1.165, 1.54) is 6.08 Å². The number of hydrogen-bond donors (Lipinski definition) is 2. The molecule has 0 aliphatic carbocycles. The monoisotopic (exact) mass is 134 g/mol. The molecule has 3 nitrogen and oxygen atoms in total. The highest BCUT2D eigenvalue weighted by molar-refractivity contribution is 7.51. The predicted octanol–water partition coefficient (Wildman–Crippen LogP) is 0.431. The summed E-state index contributed by atoms with van der Waals surface area (Å²) in [5, 5.41) is 0.